The van der Waals surface area contributed by atoms with Gasteiger partial charge in [-0.3, -0.25) is 4.99 Å². The normalized spacial score (nSPS) is 32.7. The minimum Gasteiger partial charge on any atom is -0.356 e. The third kappa shape index (κ3) is 4.11. The van der Waals surface area contributed by atoms with Crippen molar-refractivity contribution < 1.29 is 0 Å². The first-order valence-corrected chi connectivity index (χ1v) is 8.30. The smallest absolute Gasteiger partial charge is 0.193 e. The minimum atomic E-state index is 0.777. The zero-order valence-electron chi connectivity index (χ0n) is 13.7. The first kappa shape index (κ1) is 15.6. The Kier molecular flexibility index (Phi) is 5.70. The van der Waals surface area contributed by atoms with Gasteiger partial charge < -0.3 is 15.1 Å². The molecule has 1 N–H and O–H groups in total. The summed E-state index contributed by atoms with van der Waals surface area (Å²) < 4.78 is 0. The van der Waals surface area contributed by atoms with E-state index in [2.05, 4.69) is 40.9 Å². The second-order valence-corrected chi connectivity index (χ2v) is 6.83. The average Bonchev–Trinajstić information content (AvgIpc) is 2.86. The lowest BCUT2D eigenvalue weighted by molar-refractivity contribution is 0.208. The second kappa shape index (κ2) is 7.30. The maximum absolute atomic E-state index is 4.50. The van der Waals surface area contributed by atoms with Gasteiger partial charge in [-0.2, -0.15) is 0 Å². The third-order valence-corrected chi connectivity index (χ3v) is 4.75. The van der Waals surface area contributed by atoms with Crippen LogP contribution in [0.25, 0.3) is 0 Å². The molecule has 2 rings (SSSR count). The van der Waals surface area contributed by atoms with E-state index in [9.17, 15) is 0 Å². The Morgan fingerprint density at radius 1 is 1.20 bits per heavy atom. The average molecular weight is 280 g/mol. The Hall–Kier alpha value is -0.770. The van der Waals surface area contributed by atoms with Crippen molar-refractivity contribution in [1.82, 2.24) is 15.1 Å². The van der Waals surface area contributed by atoms with Crippen LogP contribution in [-0.4, -0.2) is 62.1 Å². The first-order valence-electron chi connectivity index (χ1n) is 8.30. The topological polar surface area (TPSA) is 30.9 Å². The Bertz CT molecular complexity index is 318. The molecule has 4 nitrogen and oxygen atoms in total. The van der Waals surface area contributed by atoms with Crippen molar-refractivity contribution in [3.05, 3.63) is 0 Å². The van der Waals surface area contributed by atoms with Gasteiger partial charge in [0.05, 0.1) is 0 Å². The Labute approximate surface area is 124 Å². The molecule has 0 spiro atoms. The van der Waals surface area contributed by atoms with Gasteiger partial charge in [-0.25, -0.2) is 0 Å². The van der Waals surface area contributed by atoms with Gasteiger partial charge in [-0.15, -0.1) is 0 Å². The fraction of sp³-hybridized carbons (Fsp3) is 0.938. The van der Waals surface area contributed by atoms with E-state index in [0.29, 0.717) is 0 Å². The van der Waals surface area contributed by atoms with Crippen molar-refractivity contribution in [2.24, 2.45) is 22.7 Å². The van der Waals surface area contributed by atoms with E-state index in [1.165, 1.54) is 32.5 Å². The van der Waals surface area contributed by atoms with Crippen molar-refractivity contribution in [3.8, 4) is 0 Å². The van der Waals surface area contributed by atoms with Crippen LogP contribution in [0.4, 0.5) is 0 Å². The van der Waals surface area contributed by atoms with Crippen LogP contribution in [0, 0.1) is 17.8 Å². The molecule has 0 saturated carbocycles. The van der Waals surface area contributed by atoms with Gasteiger partial charge in [0.2, 0.25) is 0 Å². The Balaban J connectivity index is 1.81. The molecule has 2 heterocycles. The van der Waals surface area contributed by atoms with Gasteiger partial charge in [-0.1, -0.05) is 20.8 Å². The number of likely N-dealkylation sites (tertiary alicyclic amines) is 2. The van der Waals surface area contributed by atoms with Crippen molar-refractivity contribution in [2.75, 3.05) is 46.3 Å². The SMILES string of the molecule is CCN1CCC(CNC(=NC)N2CC(C)CC(C)C2)C1. The molecule has 0 aliphatic carbocycles. The maximum Gasteiger partial charge on any atom is 0.193 e. The highest BCUT2D eigenvalue weighted by molar-refractivity contribution is 5.80. The lowest BCUT2D eigenvalue weighted by Crippen LogP contribution is -2.49. The molecule has 3 atom stereocenters. The summed E-state index contributed by atoms with van der Waals surface area (Å²) in [5.74, 6) is 3.45. The summed E-state index contributed by atoms with van der Waals surface area (Å²) in [5.41, 5.74) is 0. The van der Waals surface area contributed by atoms with E-state index in [1.807, 2.05) is 7.05 Å². The largest absolute Gasteiger partial charge is 0.356 e. The van der Waals surface area contributed by atoms with Crippen LogP contribution >= 0.6 is 0 Å². The molecule has 0 radical (unpaired) electrons. The van der Waals surface area contributed by atoms with Crippen molar-refractivity contribution in [3.63, 3.8) is 0 Å². The molecule has 2 fully saturated rings. The third-order valence-electron chi connectivity index (χ3n) is 4.75. The number of rotatable bonds is 3. The van der Waals surface area contributed by atoms with Crippen LogP contribution in [0.15, 0.2) is 4.99 Å². The number of nitrogens with one attached hydrogen (secondary N) is 1. The fourth-order valence-corrected chi connectivity index (χ4v) is 3.77. The molecule has 2 aliphatic heterocycles. The summed E-state index contributed by atoms with van der Waals surface area (Å²) in [6.45, 7) is 14.0. The highest BCUT2D eigenvalue weighted by Crippen LogP contribution is 2.21. The van der Waals surface area contributed by atoms with Crippen molar-refractivity contribution in [2.45, 2.75) is 33.6 Å². The van der Waals surface area contributed by atoms with Crippen LogP contribution in [0.1, 0.15) is 33.6 Å². The van der Waals surface area contributed by atoms with Crippen molar-refractivity contribution in [1.29, 1.82) is 0 Å². The number of aliphatic imine (C=N–C) groups is 1. The van der Waals surface area contributed by atoms with Gasteiger partial charge in [0.25, 0.3) is 0 Å². The molecule has 116 valence electrons. The highest BCUT2D eigenvalue weighted by atomic mass is 15.3. The summed E-state index contributed by atoms with van der Waals surface area (Å²) in [7, 11) is 1.92. The number of hydrogen-bond donors (Lipinski definition) is 1. The fourth-order valence-electron chi connectivity index (χ4n) is 3.77. The summed E-state index contributed by atoms with van der Waals surface area (Å²) >= 11 is 0. The maximum atomic E-state index is 4.50. The standard InChI is InChI=1S/C16H32N4/c1-5-19-7-6-15(12-19)9-18-16(17-4)20-10-13(2)8-14(3)11-20/h13-15H,5-12H2,1-4H3,(H,17,18). The number of nitrogens with zero attached hydrogens (tertiary/aromatic N) is 3. The highest BCUT2D eigenvalue weighted by Gasteiger charge is 2.25. The molecule has 2 aliphatic rings. The first-order chi connectivity index (χ1) is 9.62. The molecule has 20 heavy (non-hydrogen) atoms. The molecule has 3 unspecified atom stereocenters. The molecule has 2 saturated heterocycles. The van der Waals surface area contributed by atoms with Crippen molar-refractivity contribution >= 4 is 5.96 Å². The van der Waals surface area contributed by atoms with E-state index in [4.69, 9.17) is 0 Å². The van der Waals surface area contributed by atoms with Crippen LogP contribution in [-0.2, 0) is 0 Å². The molecule has 0 aromatic carbocycles. The molecular weight excluding hydrogens is 248 g/mol. The molecule has 0 aromatic heterocycles. The zero-order chi connectivity index (χ0) is 14.5. The molecule has 4 heteroatoms. The number of hydrogen-bond acceptors (Lipinski definition) is 2. The number of guanidine groups is 1. The number of piperidine rings is 1. The minimum absolute atomic E-state index is 0.777. The Morgan fingerprint density at radius 3 is 2.45 bits per heavy atom. The molecule has 0 bridgehead atoms. The summed E-state index contributed by atoms with van der Waals surface area (Å²) in [6.07, 6.45) is 2.67. The quantitative estimate of drug-likeness (QED) is 0.632. The summed E-state index contributed by atoms with van der Waals surface area (Å²) in [5, 5.41) is 3.62. The van der Waals surface area contributed by atoms with Gasteiger partial charge >= 0.3 is 0 Å². The van der Waals surface area contributed by atoms with Crippen LogP contribution in [0.3, 0.4) is 0 Å². The van der Waals surface area contributed by atoms with E-state index >= 15 is 0 Å². The molecule has 0 aromatic rings. The van der Waals surface area contributed by atoms with Gasteiger partial charge in [0.15, 0.2) is 5.96 Å². The molecule has 0 amide bonds. The van der Waals surface area contributed by atoms with E-state index in [1.54, 1.807) is 0 Å². The van der Waals surface area contributed by atoms with Crippen LogP contribution in [0.2, 0.25) is 0 Å². The van der Waals surface area contributed by atoms with Crippen LogP contribution in [0.5, 0.6) is 0 Å². The van der Waals surface area contributed by atoms with E-state index < -0.39 is 0 Å². The lowest BCUT2D eigenvalue weighted by atomic mass is 9.92. The Morgan fingerprint density at radius 2 is 1.90 bits per heavy atom. The predicted molar refractivity (Wildman–Crippen MR) is 86.1 cm³/mol. The summed E-state index contributed by atoms with van der Waals surface area (Å²) in [4.78, 5) is 9.49. The molecular formula is C16H32N4. The monoisotopic (exact) mass is 280 g/mol. The van der Waals surface area contributed by atoms with E-state index in [0.717, 1.165) is 43.3 Å². The van der Waals surface area contributed by atoms with Gasteiger partial charge in [0.1, 0.15) is 0 Å². The van der Waals surface area contributed by atoms with Gasteiger partial charge in [0, 0.05) is 33.2 Å². The van der Waals surface area contributed by atoms with E-state index in [-0.39, 0.29) is 0 Å². The lowest BCUT2D eigenvalue weighted by Gasteiger charge is -2.37. The van der Waals surface area contributed by atoms with Crippen LogP contribution < -0.4 is 5.32 Å². The predicted octanol–water partition coefficient (Wildman–Crippen LogP) is 1.88. The zero-order valence-corrected chi connectivity index (χ0v) is 13.7. The second-order valence-electron chi connectivity index (χ2n) is 6.83. The summed E-state index contributed by atoms with van der Waals surface area (Å²) in [6, 6.07) is 0. The van der Waals surface area contributed by atoms with Gasteiger partial charge in [-0.05, 0) is 43.7 Å².